The van der Waals surface area contributed by atoms with Crippen molar-refractivity contribution in [2.75, 3.05) is 0 Å². The molecule has 0 saturated carbocycles. The number of hydrogen-bond acceptors (Lipinski definition) is 0. The van der Waals surface area contributed by atoms with Crippen LogP contribution in [-0.2, 0) is 0 Å². The second-order valence-corrected chi connectivity index (χ2v) is 15.8. The summed E-state index contributed by atoms with van der Waals surface area (Å²) in [6.07, 6.45) is 0. The van der Waals surface area contributed by atoms with Crippen molar-refractivity contribution in [2.24, 2.45) is 0 Å². The SMILES string of the molecule is [B]c1c(-c2c([B])c([B])c3c(c2[B])c2cccc(-c4ccccc4)c2n3-c2cccc(-c3ccccc3)c2)c([B])c2c3ccccc3n(-c3cccc(-c4ccccc4)c3)c2c1[B]. The highest BCUT2D eigenvalue weighted by atomic mass is 15.0. The monoisotopic (exact) mass is 772 g/mol. The smallest absolute Gasteiger partial charge is 0.115 e. The molecule has 9 aromatic carbocycles. The summed E-state index contributed by atoms with van der Waals surface area (Å²) in [5.74, 6) is 0. The van der Waals surface area contributed by atoms with Crippen LogP contribution < -0.4 is 32.8 Å². The summed E-state index contributed by atoms with van der Waals surface area (Å²) in [5, 5.41) is 3.29. The molecule has 0 aliphatic carbocycles. The summed E-state index contributed by atoms with van der Waals surface area (Å²) in [6, 6.07) is 62.1. The van der Waals surface area contributed by atoms with E-state index < -0.39 is 0 Å². The topological polar surface area (TPSA) is 9.86 Å². The van der Waals surface area contributed by atoms with Gasteiger partial charge in [-0.2, -0.15) is 0 Å². The van der Waals surface area contributed by atoms with Crippen molar-refractivity contribution < 1.29 is 0 Å². The Morgan fingerprint density at radius 1 is 0.290 bits per heavy atom. The third-order valence-electron chi connectivity index (χ3n) is 12.3. The first-order valence-electron chi connectivity index (χ1n) is 20.5. The maximum Gasteiger partial charge on any atom is 0.115 e. The quantitative estimate of drug-likeness (QED) is 0.157. The van der Waals surface area contributed by atoms with Crippen LogP contribution in [0, 0.1) is 0 Å². The Balaban J connectivity index is 1.22. The lowest BCUT2D eigenvalue weighted by Gasteiger charge is -2.25. The zero-order valence-electron chi connectivity index (χ0n) is 33.7. The fourth-order valence-electron chi connectivity index (χ4n) is 9.52. The fourth-order valence-corrected chi connectivity index (χ4v) is 9.52. The largest absolute Gasteiger partial charge is 0.310 e. The van der Waals surface area contributed by atoms with Crippen LogP contribution >= 0.6 is 0 Å². The molecule has 12 radical (unpaired) electrons. The van der Waals surface area contributed by atoms with Crippen molar-refractivity contribution in [1.29, 1.82) is 0 Å². The minimum atomic E-state index is 0.260. The van der Waals surface area contributed by atoms with E-state index in [4.69, 9.17) is 47.1 Å². The van der Waals surface area contributed by atoms with Crippen LogP contribution in [0.25, 0.3) is 99.5 Å². The van der Waals surface area contributed by atoms with E-state index in [0.717, 1.165) is 77.3 Å². The average Bonchev–Trinajstić information content (AvgIpc) is 3.87. The van der Waals surface area contributed by atoms with E-state index in [1.54, 1.807) is 0 Å². The summed E-state index contributed by atoms with van der Waals surface area (Å²) in [5.41, 5.74) is 14.4. The van der Waals surface area contributed by atoms with Crippen LogP contribution in [-0.4, -0.2) is 56.2 Å². The molecule has 0 aliphatic heterocycles. The van der Waals surface area contributed by atoms with Gasteiger partial charge in [-0.1, -0.05) is 184 Å². The molecular weight excluding hydrogens is 741 g/mol. The predicted octanol–water partition coefficient (Wildman–Crippen LogP) is 7.31. The van der Waals surface area contributed by atoms with E-state index in [1.165, 1.54) is 0 Å². The number of aromatic nitrogens is 2. The minimum absolute atomic E-state index is 0.260. The highest BCUT2D eigenvalue weighted by Gasteiger charge is 2.26. The summed E-state index contributed by atoms with van der Waals surface area (Å²) < 4.78 is 4.32. The van der Waals surface area contributed by atoms with Gasteiger partial charge in [0.1, 0.15) is 47.1 Å². The van der Waals surface area contributed by atoms with Crippen LogP contribution in [0.5, 0.6) is 0 Å². The molecule has 0 amide bonds. The van der Waals surface area contributed by atoms with E-state index in [1.807, 2.05) is 72.8 Å². The van der Waals surface area contributed by atoms with Crippen molar-refractivity contribution in [3.05, 3.63) is 182 Å². The highest BCUT2D eigenvalue weighted by molar-refractivity contribution is 6.65. The van der Waals surface area contributed by atoms with E-state index in [-0.39, 0.29) is 10.9 Å². The summed E-state index contributed by atoms with van der Waals surface area (Å²) >= 11 is 0. The van der Waals surface area contributed by atoms with E-state index in [9.17, 15) is 0 Å². The number of benzene rings is 9. The van der Waals surface area contributed by atoms with Gasteiger partial charge in [0.25, 0.3) is 0 Å². The van der Waals surface area contributed by atoms with Gasteiger partial charge in [-0.25, -0.2) is 0 Å². The molecule has 0 saturated heterocycles. The van der Waals surface area contributed by atoms with Crippen LogP contribution in [0.3, 0.4) is 0 Å². The number of fused-ring (bicyclic) bond motifs is 6. The molecule has 11 rings (SSSR count). The zero-order chi connectivity index (χ0) is 42.2. The molecule has 0 unspecified atom stereocenters. The fraction of sp³-hybridized carbons (Fsp3) is 0. The Hall–Kier alpha value is -7.03. The zero-order valence-corrected chi connectivity index (χ0v) is 33.7. The normalized spacial score (nSPS) is 11.6. The Morgan fingerprint density at radius 3 is 1.27 bits per heavy atom. The second-order valence-electron chi connectivity index (χ2n) is 15.8. The predicted molar refractivity (Wildman–Crippen MR) is 269 cm³/mol. The third kappa shape index (κ3) is 5.73. The van der Waals surface area contributed by atoms with Crippen molar-refractivity contribution in [3.63, 3.8) is 0 Å². The van der Waals surface area contributed by atoms with Gasteiger partial charge in [-0.3, -0.25) is 0 Å². The molecule has 2 nitrogen and oxygen atoms in total. The van der Waals surface area contributed by atoms with Crippen LogP contribution in [0.1, 0.15) is 0 Å². The first-order chi connectivity index (χ1) is 30.3. The van der Waals surface area contributed by atoms with Crippen LogP contribution in [0.15, 0.2) is 182 Å². The first-order valence-corrected chi connectivity index (χ1v) is 20.5. The van der Waals surface area contributed by atoms with Crippen molar-refractivity contribution >= 4 is 123 Å². The number of hydrogen-bond donors (Lipinski definition) is 0. The molecule has 0 fully saturated rings. The molecule has 0 aliphatic rings. The average molecular weight is 772 g/mol. The van der Waals surface area contributed by atoms with E-state index >= 15 is 0 Å². The number of rotatable bonds is 6. The van der Waals surface area contributed by atoms with Crippen LogP contribution in [0.4, 0.5) is 0 Å². The Morgan fingerprint density at radius 2 is 0.710 bits per heavy atom. The lowest BCUT2D eigenvalue weighted by atomic mass is 9.63. The second kappa shape index (κ2) is 14.9. The number of para-hydroxylation sites is 2. The Kier molecular flexibility index (Phi) is 9.09. The molecule has 0 atom stereocenters. The van der Waals surface area contributed by atoms with Gasteiger partial charge < -0.3 is 9.13 Å². The third-order valence-corrected chi connectivity index (χ3v) is 12.3. The molecule has 62 heavy (non-hydrogen) atoms. The molecule has 2 aromatic heterocycles. The maximum atomic E-state index is 7.49. The molecule has 2 heterocycles. The first kappa shape index (κ1) is 37.9. The molecule has 11 aromatic rings. The highest BCUT2D eigenvalue weighted by Crippen LogP contribution is 2.39. The van der Waals surface area contributed by atoms with Gasteiger partial charge in [0.15, 0.2) is 0 Å². The standard InChI is InChI=1S/C54H30B6N2/c55-46-42-39-25-10-11-28-41(39)61(36-23-12-21-34(29-36)31-15-4-1-5-16-31)53(42)50(59)48(57)44(46)45-47(56)43-40-27-14-26-38(33-19-8-3-9-20-33)52(40)62(54(43)51(60)49(45)58)37-24-13-22-35(30-37)32-17-6-2-7-18-32/h1-30H. The molecule has 0 spiro atoms. The van der Waals surface area contributed by atoms with Crippen LogP contribution in [0.2, 0.25) is 0 Å². The van der Waals surface area contributed by atoms with Crippen molar-refractivity contribution in [3.8, 4) is 55.9 Å². The summed E-state index contributed by atoms with van der Waals surface area (Å²) in [6.45, 7) is 0. The Bertz CT molecular complexity index is 3580. The lowest BCUT2D eigenvalue weighted by Crippen LogP contribution is -2.41. The Labute approximate surface area is 368 Å². The van der Waals surface area contributed by atoms with Gasteiger partial charge in [-0.15, -0.1) is 0 Å². The van der Waals surface area contributed by atoms with Gasteiger partial charge in [0.2, 0.25) is 0 Å². The summed E-state index contributed by atoms with van der Waals surface area (Å²) in [4.78, 5) is 0. The van der Waals surface area contributed by atoms with Gasteiger partial charge in [-0.05, 0) is 69.3 Å². The molecular formula is C54H30B6N2. The molecule has 0 N–H and O–H groups in total. The van der Waals surface area contributed by atoms with Gasteiger partial charge in [0.05, 0.1) is 11.0 Å². The van der Waals surface area contributed by atoms with Crippen molar-refractivity contribution in [1.82, 2.24) is 9.13 Å². The molecule has 0 bridgehead atoms. The molecule has 274 valence electrons. The van der Waals surface area contributed by atoms with E-state index in [0.29, 0.717) is 44.0 Å². The maximum absolute atomic E-state index is 7.49. The number of nitrogens with zero attached hydrogens (tertiary/aromatic N) is 2. The molecule has 8 heteroatoms. The van der Waals surface area contributed by atoms with Gasteiger partial charge in [0, 0.05) is 49.5 Å². The van der Waals surface area contributed by atoms with Crippen molar-refractivity contribution in [2.45, 2.75) is 0 Å². The minimum Gasteiger partial charge on any atom is -0.310 e. The lowest BCUT2D eigenvalue weighted by molar-refractivity contribution is 1.19. The van der Waals surface area contributed by atoms with E-state index in [2.05, 4.69) is 118 Å². The summed E-state index contributed by atoms with van der Waals surface area (Å²) in [7, 11) is 43.9. The van der Waals surface area contributed by atoms with Gasteiger partial charge >= 0.3 is 0 Å².